The van der Waals surface area contributed by atoms with Crippen LogP contribution in [0.1, 0.15) is 13.8 Å². The first-order chi connectivity index (χ1) is 20.0. The van der Waals surface area contributed by atoms with Crippen LogP contribution in [-0.2, 0) is 6.54 Å². The van der Waals surface area contributed by atoms with E-state index in [9.17, 15) is 0 Å². The third-order valence-corrected chi connectivity index (χ3v) is 7.99. The Kier molecular flexibility index (Phi) is 6.36. The molecule has 5 heterocycles. The first-order valence-corrected chi connectivity index (χ1v) is 14.0. The molecule has 0 saturated carbocycles. The second-order valence-electron chi connectivity index (χ2n) is 10.9. The summed E-state index contributed by atoms with van der Waals surface area (Å²) in [6, 6.07) is 11.4. The van der Waals surface area contributed by atoms with Gasteiger partial charge in [0.15, 0.2) is 17.8 Å². The number of para-hydroxylation sites is 1. The van der Waals surface area contributed by atoms with E-state index in [2.05, 4.69) is 73.2 Å². The molecular formula is C31H33FN8O. The fourth-order valence-corrected chi connectivity index (χ4v) is 6.06. The number of halogens is 1. The zero-order valence-electron chi connectivity index (χ0n) is 23.1. The normalized spacial score (nSPS) is 20.4. The molecule has 3 aliphatic heterocycles. The number of nitrogens with two attached hydrogens (primary N) is 1. The number of nitrogen functional groups attached to an aromatic ring is 1. The topological polar surface area (TPSA) is 96.5 Å². The molecule has 1 saturated heterocycles. The van der Waals surface area contributed by atoms with Crippen LogP contribution in [0, 0.1) is 5.82 Å². The molecule has 2 aromatic heterocycles. The second-order valence-corrected chi connectivity index (χ2v) is 10.9. The van der Waals surface area contributed by atoms with Crippen molar-refractivity contribution in [1.82, 2.24) is 25.2 Å². The number of hydrogen-bond donors (Lipinski definition) is 3. The molecule has 0 bridgehead atoms. The molecule has 2 aromatic carbocycles. The number of hydrogen-bond acceptors (Lipinski definition) is 8. The number of anilines is 4. The second kappa shape index (κ2) is 10.2. The highest BCUT2D eigenvalue weighted by Crippen LogP contribution is 2.48. The van der Waals surface area contributed by atoms with Gasteiger partial charge in [-0.2, -0.15) is 0 Å². The van der Waals surface area contributed by atoms with Crippen molar-refractivity contribution in [1.29, 1.82) is 0 Å². The lowest BCUT2D eigenvalue weighted by Gasteiger charge is -2.30. The molecule has 9 nitrogen and oxygen atoms in total. The summed E-state index contributed by atoms with van der Waals surface area (Å²) in [7, 11) is 0. The van der Waals surface area contributed by atoms with E-state index < -0.39 is 5.82 Å². The number of nitrogens with one attached hydrogen (secondary N) is 2. The van der Waals surface area contributed by atoms with Gasteiger partial charge in [0.05, 0.1) is 17.1 Å². The van der Waals surface area contributed by atoms with Crippen molar-refractivity contribution < 1.29 is 9.13 Å². The molecular weight excluding hydrogens is 519 g/mol. The molecule has 3 aliphatic rings. The van der Waals surface area contributed by atoms with Gasteiger partial charge >= 0.3 is 0 Å². The molecule has 0 radical (unpaired) electrons. The largest absolute Gasteiger partial charge is 0.471 e. The summed E-state index contributed by atoms with van der Waals surface area (Å²) < 4.78 is 23.8. The predicted molar refractivity (Wildman–Crippen MR) is 161 cm³/mol. The first-order valence-electron chi connectivity index (χ1n) is 14.0. The van der Waals surface area contributed by atoms with Gasteiger partial charge in [-0.05, 0) is 49.8 Å². The van der Waals surface area contributed by atoms with Gasteiger partial charge in [-0.1, -0.05) is 23.8 Å². The van der Waals surface area contributed by atoms with E-state index in [0.717, 1.165) is 65.5 Å². The van der Waals surface area contributed by atoms with Gasteiger partial charge in [-0.25, -0.2) is 14.4 Å². The maximum absolute atomic E-state index is 15.6. The number of rotatable bonds is 5. The van der Waals surface area contributed by atoms with Crippen molar-refractivity contribution in [3.63, 3.8) is 0 Å². The standard InChI is InChI=1S/C31H33FN8O/c1-19-8-10-38(11-9-19)29-24(33)4-3-5-25(29)39-12-13-40-30-22(16-35-18-36-30)28(31(39)40)21-6-7-26(23(32)14-21)41-27-17-34-15-20(2)37-27/h3-10,14,16,18,20,27,34,37H,11-13,15,17,33H2,1-2H3. The van der Waals surface area contributed by atoms with Crippen molar-refractivity contribution in [2.24, 2.45) is 0 Å². The van der Waals surface area contributed by atoms with Crippen LogP contribution in [0.3, 0.4) is 0 Å². The number of allylic oxidation sites excluding steroid dienone is 2. The fraction of sp³-hybridized carbons (Fsp3) is 0.290. The van der Waals surface area contributed by atoms with Crippen molar-refractivity contribution in [2.45, 2.75) is 32.7 Å². The maximum atomic E-state index is 15.6. The van der Waals surface area contributed by atoms with Gasteiger partial charge < -0.3 is 30.2 Å². The Morgan fingerprint density at radius 3 is 2.85 bits per heavy atom. The number of piperazine rings is 1. The maximum Gasteiger partial charge on any atom is 0.165 e. The summed E-state index contributed by atoms with van der Waals surface area (Å²) in [6.07, 6.45) is 9.42. The van der Waals surface area contributed by atoms with Gasteiger partial charge in [-0.15, -0.1) is 0 Å². The lowest BCUT2D eigenvalue weighted by molar-refractivity contribution is 0.120. The van der Waals surface area contributed by atoms with Crippen molar-refractivity contribution in [3.8, 4) is 16.9 Å². The molecule has 10 heteroatoms. The minimum atomic E-state index is -0.415. The van der Waals surface area contributed by atoms with Crippen LogP contribution in [0.15, 0.2) is 72.8 Å². The van der Waals surface area contributed by atoms with Crippen molar-refractivity contribution in [3.05, 3.63) is 78.7 Å². The van der Waals surface area contributed by atoms with E-state index in [0.29, 0.717) is 12.2 Å². The molecule has 0 amide bonds. The summed E-state index contributed by atoms with van der Waals surface area (Å²) in [4.78, 5) is 13.4. The first kappa shape index (κ1) is 25.6. The average molecular weight is 553 g/mol. The summed E-state index contributed by atoms with van der Waals surface area (Å²) in [5.74, 6) is 0.746. The highest BCUT2D eigenvalue weighted by molar-refractivity contribution is 6.04. The monoisotopic (exact) mass is 552 g/mol. The van der Waals surface area contributed by atoms with E-state index in [1.807, 2.05) is 24.4 Å². The third-order valence-electron chi connectivity index (χ3n) is 7.99. The van der Waals surface area contributed by atoms with Crippen LogP contribution in [-0.4, -0.2) is 53.0 Å². The fourth-order valence-electron chi connectivity index (χ4n) is 6.06. The summed E-state index contributed by atoms with van der Waals surface area (Å²) >= 11 is 0. The Labute approximate surface area is 238 Å². The molecule has 0 spiro atoms. The van der Waals surface area contributed by atoms with E-state index in [1.54, 1.807) is 18.5 Å². The molecule has 210 valence electrons. The van der Waals surface area contributed by atoms with Gasteiger partial charge in [0.25, 0.3) is 0 Å². The Balaban J connectivity index is 1.32. The SMILES string of the molecule is CC1=CCN(c2c(N)cccc2N2CCn3c2c(-c2ccc(OC4CNCC(C)N4)c(F)c2)c2cncnc23)C=C1. The van der Waals surface area contributed by atoms with E-state index in [1.165, 1.54) is 5.57 Å². The van der Waals surface area contributed by atoms with E-state index in [-0.39, 0.29) is 18.0 Å². The van der Waals surface area contributed by atoms with Crippen molar-refractivity contribution >= 4 is 33.9 Å². The number of fused-ring (bicyclic) bond motifs is 3. The Hall–Kier alpha value is -4.41. The Morgan fingerprint density at radius 1 is 1.15 bits per heavy atom. The van der Waals surface area contributed by atoms with Crippen LogP contribution in [0.5, 0.6) is 5.75 Å². The number of nitrogens with zero attached hydrogens (tertiary/aromatic N) is 5. The number of aromatic nitrogens is 3. The number of ether oxygens (including phenoxy) is 1. The minimum absolute atomic E-state index is 0.216. The van der Waals surface area contributed by atoms with E-state index >= 15 is 4.39 Å². The van der Waals surface area contributed by atoms with Crippen LogP contribution < -0.4 is 30.9 Å². The van der Waals surface area contributed by atoms with Gasteiger partial charge in [0, 0.05) is 62.1 Å². The van der Waals surface area contributed by atoms with Crippen LogP contribution in [0.25, 0.3) is 22.2 Å². The molecule has 41 heavy (non-hydrogen) atoms. The summed E-state index contributed by atoms with van der Waals surface area (Å²) in [5, 5.41) is 7.53. The minimum Gasteiger partial charge on any atom is -0.471 e. The molecule has 7 rings (SSSR count). The highest BCUT2D eigenvalue weighted by Gasteiger charge is 2.32. The van der Waals surface area contributed by atoms with Crippen LogP contribution in [0.2, 0.25) is 0 Å². The smallest absolute Gasteiger partial charge is 0.165 e. The molecule has 4 N–H and O–H groups in total. The number of benzene rings is 2. The highest BCUT2D eigenvalue weighted by atomic mass is 19.1. The predicted octanol–water partition coefficient (Wildman–Crippen LogP) is 4.54. The lowest BCUT2D eigenvalue weighted by Crippen LogP contribution is -2.56. The summed E-state index contributed by atoms with van der Waals surface area (Å²) in [6.45, 7) is 7.82. The van der Waals surface area contributed by atoms with Gasteiger partial charge in [-0.3, -0.25) is 5.32 Å². The molecule has 0 aliphatic carbocycles. The molecule has 1 fully saturated rings. The van der Waals surface area contributed by atoms with Gasteiger partial charge in [0.1, 0.15) is 17.8 Å². The Bertz CT molecular complexity index is 1700. The molecule has 2 atom stereocenters. The average Bonchev–Trinajstić information content (AvgIpc) is 3.53. The molecule has 2 unspecified atom stereocenters. The molecule has 4 aromatic rings. The third kappa shape index (κ3) is 4.49. The van der Waals surface area contributed by atoms with Crippen LogP contribution >= 0.6 is 0 Å². The quantitative estimate of drug-likeness (QED) is 0.311. The zero-order chi connectivity index (χ0) is 28.1. The Morgan fingerprint density at radius 2 is 2.05 bits per heavy atom. The van der Waals surface area contributed by atoms with Gasteiger partial charge in [0.2, 0.25) is 0 Å². The lowest BCUT2D eigenvalue weighted by atomic mass is 10.0. The summed E-state index contributed by atoms with van der Waals surface area (Å²) in [5.41, 5.74) is 12.9. The van der Waals surface area contributed by atoms with Crippen molar-refractivity contribution in [2.75, 3.05) is 41.7 Å². The van der Waals surface area contributed by atoms with E-state index in [4.69, 9.17) is 10.5 Å². The zero-order valence-corrected chi connectivity index (χ0v) is 23.1. The van der Waals surface area contributed by atoms with Crippen LogP contribution in [0.4, 0.5) is 27.3 Å².